The molecule has 2 N–H and O–H groups in total. The van der Waals surface area contributed by atoms with Crippen LogP contribution in [0.2, 0.25) is 0 Å². The fraction of sp³-hybridized carbons (Fsp3) is 0.955. The summed E-state index contributed by atoms with van der Waals surface area (Å²) in [6, 6.07) is 0.489. The second-order valence-electron chi connectivity index (χ2n) is 10.1. The van der Waals surface area contributed by atoms with Crippen molar-refractivity contribution in [2.45, 2.75) is 79.0 Å². The van der Waals surface area contributed by atoms with Crippen LogP contribution in [0.5, 0.6) is 0 Å². The molecule has 1 amide bonds. The fourth-order valence-electron chi connectivity index (χ4n) is 3.34. The summed E-state index contributed by atoms with van der Waals surface area (Å²) in [5, 5.41) is 6.54. The van der Waals surface area contributed by atoms with Crippen LogP contribution in [-0.4, -0.2) is 55.5 Å². The van der Waals surface area contributed by atoms with Gasteiger partial charge in [0.25, 0.3) is 0 Å². The van der Waals surface area contributed by atoms with Gasteiger partial charge in [-0.05, 0) is 41.9 Å². The molecular formula is C22H48N2O2S. The second kappa shape index (κ2) is 12.3. The van der Waals surface area contributed by atoms with Gasteiger partial charge >= 0.3 is 0 Å². The number of nitrogens with one attached hydrogen (secondary N) is 2. The average molecular weight is 405 g/mol. The molecule has 0 saturated carbocycles. The van der Waals surface area contributed by atoms with Crippen molar-refractivity contribution >= 4 is 16.8 Å². The molecule has 0 aromatic heterocycles. The van der Waals surface area contributed by atoms with E-state index in [4.69, 9.17) is 4.74 Å². The molecule has 0 aromatic carbocycles. The Morgan fingerprint density at radius 1 is 1.00 bits per heavy atom. The highest BCUT2D eigenvalue weighted by Gasteiger charge is 2.30. The molecule has 0 rings (SSSR count). The zero-order valence-electron chi connectivity index (χ0n) is 19.7. The minimum Gasteiger partial charge on any atom is -0.380 e. The Bertz CT molecular complexity index is 423. The number of hydrogen-bond acceptors (Lipinski definition) is 3. The molecule has 164 valence electrons. The summed E-state index contributed by atoms with van der Waals surface area (Å²) in [5.41, 5.74) is -0.365. The summed E-state index contributed by atoms with van der Waals surface area (Å²) in [4.78, 5) is 12.7. The van der Waals surface area contributed by atoms with Gasteiger partial charge in [0.15, 0.2) is 0 Å². The van der Waals surface area contributed by atoms with Gasteiger partial charge in [-0.25, -0.2) is 0 Å². The Kier molecular flexibility index (Phi) is 12.2. The standard InChI is InChI=1S/C22H48N2O2S/c1-17(2)23-11-12-26-16-19(4)13-21(5,6)20(25)24-15-18(3)14-22(7,8)27(9)10/h17-19,23,27H,11-16H2,1-10H3,(H,24,25). The highest BCUT2D eigenvalue weighted by molar-refractivity contribution is 8.17. The third-order valence-electron chi connectivity index (χ3n) is 5.34. The van der Waals surface area contributed by atoms with Crippen LogP contribution in [0.25, 0.3) is 0 Å². The maximum absolute atomic E-state index is 12.7. The van der Waals surface area contributed by atoms with Gasteiger partial charge in [-0.1, -0.05) is 55.4 Å². The average Bonchev–Trinajstić information content (AvgIpc) is 2.50. The lowest BCUT2D eigenvalue weighted by Crippen LogP contribution is -2.41. The van der Waals surface area contributed by atoms with Crippen LogP contribution in [-0.2, 0) is 9.53 Å². The summed E-state index contributed by atoms with van der Waals surface area (Å²) < 4.78 is 6.12. The number of carbonyl (C=O) groups is 1. The first-order valence-electron chi connectivity index (χ1n) is 10.5. The lowest BCUT2D eigenvalue weighted by Gasteiger charge is -2.35. The molecule has 0 aromatic rings. The molecule has 0 aliphatic carbocycles. The van der Waals surface area contributed by atoms with Crippen LogP contribution >= 0.6 is 10.9 Å². The van der Waals surface area contributed by atoms with Crippen molar-refractivity contribution < 1.29 is 9.53 Å². The lowest BCUT2D eigenvalue weighted by molar-refractivity contribution is -0.130. The number of thiol groups is 1. The number of ether oxygens (including phenoxy) is 1. The van der Waals surface area contributed by atoms with Gasteiger partial charge in [0.1, 0.15) is 0 Å². The first kappa shape index (κ1) is 26.7. The van der Waals surface area contributed by atoms with Gasteiger partial charge in [0.2, 0.25) is 5.91 Å². The van der Waals surface area contributed by atoms with Crippen LogP contribution in [0.3, 0.4) is 0 Å². The molecule has 2 unspecified atom stereocenters. The predicted octanol–water partition coefficient (Wildman–Crippen LogP) is 4.24. The summed E-state index contributed by atoms with van der Waals surface area (Å²) in [6.45, 7) is 20.5. The van der Waals surface area contributed by atoms with E-state index in [1.807, 2.05) is 13.8 Å². The molecule has 27 heavy (non-hydrogen) atoms. The quantitative estimate of drug-likeness (QED) is 0.300. The summed E-state index contributed by atoms with van der Waals surface area (Å²) >= 11 is 0. The minimum atomic E-state index is -0.365. The number of carbonyl (C=O) groups excluding carboxylic acids is 1. The highest BCUT2D eigenvalue weighted by atomic mass is 32.2. The van der Waals surface area contributed by atoms with Gasteiger partial charge in [-0.2, -0.15) is 0 Å². The van der Waals surface area contributed by atoms with Gasteiger partial charge in [-0.3, -0.25) is 15.7 Å². The van der Waals surface area contributed by atoms with Crippen molar-refractivity contribution in [3.05, 3.63) is 0 Å². The van der Waals surface area contributed by atoms with Crippen LogP contribution in [0.4, 0.5) is 0 Å². The van der Waals surface area contributed by atoms with E-state index in [-0.39, 0.29) is 22.2 Å². The molecule has 0 spiro atoms. The largest absolute Gasteiger partial charge is 0.380 e. The zero-order valence-corrected chi connectivity index (χ0v) is 20.6. The number of hydrogen-bond donors (Lipinski definition) is 3. The van der Waals surface area contributed by atoms with Gasteiger partial charge < -0.3 is 15.4 Å². The Morgan fingerprint density at radius 2 is 1.59 bits per heavy atom. The SMILES string of the molecule is CC(COCCNC(C)C)CC(C)(C)C(=O)NCC(C)CC(C)(C)[SH](C)C. The smallest absolute Gasteiger partial charge is 0.225 e. The maximum atomic E-state index is 12.7. The first-order valence-corrected chi connectivity index (χ1v) is 12.8. The molecule has 0 radical (unpaired) electrons. The minimum absolute atomic E-state index is 0.0195. The van der Waals surface area contributed by atoms with Gasteiger partial charge in [0.05, 0.1) is 6.61 Å². The molecule has 0 bridgehead atoms. The topological polar surface area (TPSA) is 50.4 Å². The van der Waals surface area contributed by atoms with Crippen molar-refractivity contribution in [3.8, 4) is 0 Å². The van der Waals surface area contributed by atoms with E-state index in [9.17, 15) is 4.79 Å². The van der Waals surface area contributed by atoms with Gasteiger partial charge in [-0.15, -0.1) is 0 Å². The molecular weight excluding hydrogens is 356 g/mol. The van der Waals surface area contributed by atoms with Crippen molar-refractivity contribution in [1.29, 1.82) is 0 Å². The Balaban J connectivity index is 4.24. The Labute approximate surface area is 172 Å². The second-order valence-corrected chi connectivity index (χ2v) is 13.1. The van der Waals surface area contributed by atoms with E-state index in [1.165, 1.54) is 0 Å². The van der Waals surface area contributed by atoms with Gasteiger partial charge in [0, 0.05) is 31.2 Å². The van der Waals surface area contributed by atoms with Crippen molar-refractivity contribution in [2.24, 2.45) is 17.3 Å². The van der Waals surface area contributed by atoms with E-state index < -0.39 is 0 Å². The van der Waals surface area contributed by atoms with Crippen LogP contribution < -0.4 is 10.6 Å². The first-order chi connectivity index (χ1) is 12.3. The normalized spacial score (nSPS) is 15.6. The van der Waals surface area contributed by atoms with Crippen LogP contribution in [0.15, 0.2) is 0 Å². The Morgan fingerprint density at radius 3 is 2.11 bits per heavy atom. The van der Waals surface area contributed by atoms with Crippen molar-refractivity contribution in [2.75, 3.05) is 38.8 Å². The fourth-order valence-corrected chi connectivity index (χ4v) is 4.02. The van der Waals surface area contributed by atoms with Crippen LogP contribution in [0.1, 0.15) is 68.2 Å². The highest BCUT2D eigenvalue weighted by Crippen LogP contribution is 2.39. The number of amides is 1. The van der Waals surface area contributed by atoms with E-state index >= 15 is 0 Å². The summed E-state index contributed by atoms with van der Waals surface area (Å²) in [7, 11) is 0.0195. The van der Waals surface area contributed by atoms with E-state index in [0.717, 1.165) is 32.5 Å². The van der Waals surface area contributed by atoms with E-state index in [2.05, 4.69) is 64.7 Å². The Hall–Kier alpha value is -0.260. The van der Waals surface area contributed by atoms with Crippen molar-refractivity contribution in [1.82, 2.24) is 10.6 Å². The molecule has 0 aliphatic heterocycles. The molecule has 0 saturated heterocycles. The predicted molar refractivity (Wildman–Crippen MR) is 123 cm³/mol. The molecule has 5 heteroatoms. The lowest BCUT2D eigenvalue weighted by atomic mass is 9.82. The van der Waals surface area contributed by atoms with Crippen molar-refractivity contribution in [3.63, 3.8) is 0 Å². The molecule has 0 aliphatic rings. The van der Waals surface area contributed by atoms with E-state index in [0.29, 0.717) is 29.2 Å². The molecule has 0 fully saturated rings. The zero-order chi connectivity index (χ0) is 21.3. The summed E-state index contributed by atoms with van der Waals surface area (Å²) in [5.74, 6) is 1.03. The van der Waals surface area contributed by atoms with Crippen LogP contribution in [0, 0.1) is 17.3 Å². The monoisotopic (exact) mass is 404 g/mol. The maximum Gasteiger partial charge on any atom is 0.225 e. The molecule has 0 heterocycles. The third-order valence-corrected chi connectivity index (χ3v) is 7.95. The molecule has 2 atom stereocenters. The summed E-state index contributed by atoms with van der Waals surface area (Å²) in [6.07, 6.45) is 6.67. The number of rotatable bonds is 14. The van der Waals surface area contributed by atoms with E-state index in [1.54, 1.807) is 0 Å². The third kappa shape index (κ3) is 12.0. The molecule has 4 nitrogen and oxygen atoms in total.